The molecule has 1 nitrogen and oxygen atoms in total. The average Bonchev–Trinajstić information content (AvgIpc) is 2.47. The zero-order chi connectivity index (χ0) is 7.68. The summed E-state index contributed by atoms with van der Waals surface area (Å²) in [7, 11) is -0.284. The van der Waals surface area contributed by atoms with Gasteiger partial charge in [-0.05, 0) is 12.1 Å². The summed E-state index contributed by atoms with van der Waals surface area (Å²) >= 11 is 0. The van der Waals surface area contributed by atoms with Crippen LogP contribution < -0.4 is 0 Å². The summed E-state index contributed by atoms with van der Waals surface area (Å²) in [6.07, 6.45) is 0. The topological polar surface area (TPSA) is 23.8 Å². The zero-order valence-corrected chi connectivity index (χ0v) is 6.64. The molecule has 2 heteroatoms. The summed E-state index contributed by atoms with van der Waals surface area (Å²) in [6.45, 7) is 0. The molecule has 0 N–H and O–H groups in total. The van der Waals surface area contributed by atoms with Crippen molar-refractivity contribution in [2.24, 2.45) is 0 Å². The third kappa shape index (κ3) is 0.903. The van der Waals surface area contributed by atoms with Crippen LogP contribution in [0.4, 0.5) is 0 Å². The Labute approximate surface area is 67.5 Å². The van der Waals surface area contributed by atoms with Gasteiger partial charge in [0.2, 0.25) is 0 Å². The molecule has 1 aromatic heterocycles. The van der Waals surface area contributed by atoms with E-state index in [1.54, 1.807) is 0 Å². The first-order valence-electron chi connectivity index (χ1n) is 3.32. The average molecular weight is 160 g/mol. The molecular weight excluding hydrogens is 154 g/mol. The van der Waals surface area contributed by atoms with Crippen molar-refractivity contribution in [1.82, 2.24) is 0 Å². The van der Waals surface area contributed by atoms with E-state index in [0.717, 1.165) is 4.70 Å². The fraction of sp³-hybridized carbons (Fsp3) is 0. The van der Waals surface area contributed by atoms with Gasteiger partial charge in [0.05, 0.1) is 10.5 Å². The third-order valence-corrected chi connectivity index (χ3v) is 3.09. The van der Waals surface area contributed by atoms with Gasteiger partial charge in [-0.1, -0.05) is 12.1 Å². The highest BCUT2D eigenvalue weighted by molar-refractivity contribution is 7.41. The molecule has 0 radical (unpaired) electrons. The molecule has 2 rings (SSSR count). The molecule has 1 heterocycles. The molecule has 2 aromatic rings. The van der Waals surface area contributed by atoms with Gasteiger partial charge in [-0.2, -0.15) is 0 Å². The van der Waals surface area contributed by atoms with Gasteiger partial charge in [-0.3, -0.25) is 0 Å². The van der Waals surface area contributed by atoms with E-state index in [0.29, 0.717) is 0 Å². The van der Waals surface area contributed by atoms with E-state index in [9.17, 15) is 0 Å². The van der Waals surface area contributed by atoms with Crippen LogP contribution in [-0.4, -0.2) is 0 Å². The van der Waals surface area contributed by atoms with Gasteiger partial charge in [-0.15, -0.1) is 5.26 Å². The second-order valence-corrected chi connectivity index (χ2v) is 3.84. The first-order valence-corrected chi connectivity index (χ1v) is 4.60. The van der Waals surface area contributed by atoms with Gasteiger partial charge < -0.3 is 0 Å². The lowest BCUT2D eigenvalue weighted by Gasteiger charge is -1.78. The highest BCUT2D eigenvalue weighted by atomic mass is 32.2. The van der Waals surface area contributed by atoms with Crippen LogP contribution in [0.5, 0.6) is 0 Å². The molecule has 1 unspecified atom stereocenters. The minimum absolute atomic E-state index is 0.284. The fourth-order valence-corrected chi connectivity index (χ4v) is 2.32. The highest BCUT2D eigenvalue weighted by Crippen LogP contribution is 2.29. The van der Waals surface area contributed by atoms with Gasteiger partial charge in [-0.25, -0.2) is 0 Å². The number of benzene rings is 1. The SMILES string of the molecule is N#C[s+]1ccc2ccccc21. The molecule has 52 valence electrons. The lowest BCUT2D eigenvalue weighted by atomic mass is 10.3. The van der Waals surface area contributed by atoms with Crippen LogP contribution in [0, 0.1) is 10.7 Å². The number of hydrogen-bond donors (Lipinski definition) is 0. The summed E-state index contributed by atoms with van der Waals surface area (Å²) in [6, 6.07) is 10.0. The van der Waals surface area contributed by atoms with Gasteiger partial charge in [0.15, 0.2) is 10.1 Å². The van der Waals surface area contributed by atoms with E-state index in [1.807, 2.05) is 35.7 Å². The minimum Gasteiger partial charge on any atom is -0.130 e. The molecule has 1 atom stereocenters. The van der Waals surface area contributed by atoms with Crippen molar-refractivity contribution in [3.63, 3.8) is 0 Å². The van der Waals surface area contributed by atoms with Crippen molar-refractivity contribution in [3.8, 4) is 5.40 Å². The molecule has 0 saturated carbocycles. The van der Waals surface area contributed by atoms with Gasteiger partial charge in [0.1, 0.15) is 0 Å². The Morgan fingerprint density at radius 1 is 1.18 bits per heavy atom. The number of thiophene rings is 1. The second-order valence-electron chi connectivity index (χ2n) is 2.27. The van der Waals surface area contributed by atoms with Crippen LogP contribution in [0.25, 0.3) is 10.1 Å². The Hall–Kier alpha value is -1.33. The summed E-state index contributed by atoms with van der Waals surface area (Å²) in [5, 5.41) is 14.1. The first kappa shape index (κ1) is 6.38. The molecule has 11 heavy (non-hydrogen) atoms. The molecule has 0 aliphatic heterocycles. The van der Waals surface area contributed by atoms with E-state index in [2.05, 4.69) is 5.40 Å². The van der Waals surface area contributed by atoms with Crippen molar-refractivity contribution in [2.75, 3.05) is 0 Å². The lowest BCUT2D eigenvalue weighted by Crippen LogP contribution is -1.59. The van der Waals surface area contributed by atoms with Crippen molar-refractivity contribution < 1.29 is 0 Å². The van der Waals surface area contributed by atoms with E-state index in [4.69, 9.17) is 5.26 Å². The van der Waals surface area contributed by atoms with Gasteiger partial charge >= 0.3 is 5.40 Å². The van der Waals surface area contributed by atoms with E-state index in [-0.39, 0.29) is 10.5 Å². The van der Waals surface area contributed by atoms with Crippen LogP contribution in [-0.2, 0) is 0 Å². The molecule has 0 amide bonds. The van der Waals surface area contributed by atoms with Crippen molar-refractivity contribution >= 4 is 20.6 Å². The van der Waals surface area contributed by atoms with Gasteiger partial charge in [0.25, 0.3) is 0 Å². The molecule has 0 fully saturated rings. The molecule has 0 aliphatic rings. The molecule has 0 spiro atoms. The van der Waals surface area contributed by atoms with Gasteiger partial charge in [0, 0.05) is 11.5 Å². The Balaban J connectivity index is 2.89. The molecule has 1 aromatic carbocycles. The summed E-state index contributed by atoms with van der Waals surface area (Å²) in [4.78, 5) is 0. The van der Waals surface area contributed by atoms with Crippen LogP contribution in [0.3, 0.4) is 0 Å². The van der Waals surface area contributed by atoms with Crippen LogP contribution in [0.2, 0.25) is 0 Å². The van der Waals surface area contributed by atoms with Crippen molar-refractivity contribution in [3.05, 3.63) is 35.7 Å². The number of hydrogen-bond acceptors (Lipinski definition) is 1. The third-order valence-electron chi connectivity index (χ3n) is 1.64. The second kappa shape index (κ2) is 2.37. The predicted octanol–water partition coefficient (Wildman–Crippen LogP) is 2.92. The standard InChI is InChI=1S/C9H6NS/c10-7-11-6-5-8-3-1-2-4-9(8)11/h1-6H/q+1. The maximum Gasteiger partial charge on any atom is 0.350 e. The fourth-order valence-electron chi connectivity index (χ4n) is 1.11. The van der Waals surface area contributed by atoms with Crippen molar-refractivity contribution in [2.45, 2.75) is 0 Å². The number of nitrogens with zero attached hydrogens (tertiary/aromatic N) is 1. The molecule has 0 bridgehead atoms. The smallest absolute Gasteiger partial charge is 0.130 e. The molecule has 0 aliphatic carbocycles. The van der Waals surface area contributed by atoms with Crippen LogP contribution >= 0.6 is 10.5 Å². The van der Waals surface area contributed by atoms with E-state index in [1.165, 1.54) is 5.39 Å². The lowest BCUT2D eigenvalue weighted by molar-refractivity contribution is 1.57. The first-order chi connectivity index (χ1) is 5.42. The predicted molar refractivity (Wildman–Crippen MR) is 47.4 cm³/mol. The Kier molecular flexibility index (Phi) is 1.38. The normalized spacial score (nSPS) is 11.4. The minimum atomic E-state index is -0.284. The molecule has 0 saturated heterocycles. The maximum absolute atomic E-state index is 8.72. The highest BCUT2D eigenvalue weighted by Gasteiger charge is 2.09. The number of nitriles is 1. The summed E-state index contributed by atoms with van der Waals surface area (Å²) < 4.78 is 1.16. The summed E-state index contributed by atoms with van der Waals surface area (Å²) in [5.41, 5.74) is 0. The largest absolute Gasteiger partial charge is 0.350 e. The Morgan fingerprint density at radius 2 is 2.00 bits per heavy atom. The Morgan fingerprint density at radius 3 is 2.82 bits per heavy atom. The van der Waals surface area contributed by atoms with E-state index < -0.39 is 0 Å². The quantitative estimate of drug-likeness (QED) is 0.543. The van der Waals surface area contributed by atoms with Crippen molar-refractivity contribution in [1.29, 1.82) is 5.26 Å². The van der Waals surface area contributed by atoms with Crippen LogP contribution in [0.1, 0.15) is 0 Å². The monoisotopic (exact) mass is 160 g/mol. The van der Waals surface area contributed by atoms with E-state index >= 15 is 0 Å². The number of fused-ring (bicyclic) bond motifs is 1. The maximum atomic E-state index is 8.72. The zero-order valence-electron chi connectivity index (χ0n) is 5.82. The molecular formula is C9H6NS+. The van der Waals surface area contributed by atoms with Crippen LogP contribution in [0.15, 0.2) is 35.7 Å². The number of rotatable bonds is 0. The Bertz CT molecular complexity index is 422. The summed E-state index contributed by atoms with van der Waals surface area (Å²) in [5.74, 6) is 0.